The molecule has 0 aliphatic carbocycles. The van der Waals surface area contributed by atoms with E-state index >= 15 is 0 Å². The minimum atomic E-state index is -3.67. The number of alkyl halides is 3. The van der Waals surface area contributed by atoms with Gasteiger partial charge in [0.25, 0.3) is 0 Å². The third kappa shape index (κ3) is 143. The molecule has 0 nitrogen and oxygen atoms in total. The van der Waals surface area contributed by atoms with Crippen LogP contribution in [0.4, 0.5) is 13.2 Å². The van der Waals surface area contributed by atoms with Crippen LogP contribution in [0, 0.1) is 0 Å². The molecule has 0 aliphatic heterocycles. The minimum absolute atomic E-state index is 0. The van der Waals surface area contributed by atoms with Crippen LogP contribution in [-0.2, 0) is 17.1 Å². The average Bonchev–Trinajstić information content (AvgIpc) is 0.811. The van der Waals surface area contributed by atoms with Gasteiger partial charge < -0.3 is 0 Å². The molecule has 5 heteroatoms. The van der Waals surface area contributed by atoms with E-state index in [4.69, 9.17) is 0 Å². The summed E-state index contributed by atoms with van der Waals surface area (Å²) in [6, 6.07) is 0. The topological polar surface area (TPSA) is 0 Å². The molecule has 0 heterocycles. The van der Waals surface area contributed by atoms with Gasteiger partial charge >= 0.3 is 6.68 Å². The second kappa shape index (κ2) is 9.18. The van der Waals surface area contributed by atoms with E-state index in [2.05, 4.69) is 0 Å². The zero-order chi connectivity index (χ0) is 3.58. The molecule has 0 fully saturated rings. The van der Waals surface area contributed by atoms with Crippen LogP contribution in [0.15, 0.2) is 0 Å². The van der Waals surface area contributed by atoms with E-state index in [0.717, 1.165) is 0 Å². The van der Waals surface area contributed by atoms with Gasteiger partial charge in [0.15, 0.2) is 0 Å². The van der Waals surface area contributed by atoms with Crippen molar-refractivity contribution >= 4 is 13.5 Å². The molecule has 0 saturated carbocycles. The Balaban J connectivity index is -0.0000000450. The van der Waals surface area contributed by atoms with Gasteiger partial charge in [0.2, 0.25) is 0 Å². The Hall–Kier alpha value is 0.659. The van der Waals surface area contributed by atoms with Crippen molar-refractivity contribution in [1.82, 2.24) is 0 Å². The number of hydrogen-bond acceptors (Lipinski definition) is 0. The second-order valence-electron chi connectivity index (χ2n) is 0.247. The Kier molecular flexibility index (Phi) is 24.4. The molecule has 1 radical (unpaired) electrons. The summed E-state index contributed by atoms with van der Waals surface area (Å²) in [6.07, 6.45) is 0. The summed E-state index contributed by atoms with van der Waals surface area (Å²) in [4.78, 5) is 0. The van der Waals surface area contributed by atoms with Crippen molar-refractivity contribution in [3.8, 4) is 0 Å². The van der Waals surface area contributed by atoms with Crippen LogP contribution >= 0.6 is 13.5 Å². The third-order valence-electron chi connectivity index (χ3n) is 0. The summed E-state index contributed by atoms with van der Waals surface area (Å²) in [5.74, 6) is 0. The Morgan fingerprint density at radius 1 is 1.00 bits per heavy atom. The molecule has 45 valence electrons. The molecule has 0 aromatic carbocycles. The van der Waals surface area contributed by atoms with Crippen LogP contribution in [-0.4, -0.2) is 6.68 Å². The predicted molar refractivity (Wildman–Crippen MR) is 17.5 cm³/mol. The van der Waals surface area contributed by atoms with Gasteiger partial charge in [-0.1, -0.05) is 0 Å². The molecule has 0 spiro atoms. The van der Waals surface area contributed by atoms with Crippen LogP contribution in [0.25, 0.3) is 0 Å². The summed E-state index contributed by atoms with van der Waals surface area (Å²) in [5, 5.41) is 0. The van der Waals surface area contributed by atoms with Crippen molar-refractivity contribution < 1.29 is 30.2 Å². The molecule has 0 N–H and O–H groups in total. The quantitative estimate of drug-likeness (QED) is 0.477. The third-order valence-corrected chi connectivity index (χ3v) is 0. The first-order valence-corrected chi connectivity index (χ1v) is 0.655. The molecule has 6 heavy (non-hydrogen) atoms. The van der Waals surface area contributed by atoms with Crippen LogP contribution < -0.4 is 0 Å². The number of rotatable bonds is 0. The Bertz CT molecular complexity index is 15.5. The predicted octanol–water partition coefficient (Wildman–Crippen LogP) is 1.29. The number of halogens is 3. The van der Waals surface area contributed by atoms with Crippen molar-refractivity contribution in [3.05, 3.63) is 0 Å². The van der Waals surface area contributed by atoms with Crippen LogP contribution in [0.5, 0.6) is 0 Å². The van der Waals surface area contributed by atoms with E-state index in [1.165, 1.54) is 0 Å². The summed E-state index contributed by atoms with van der Waals surface area (Å²) in [5.41, 5.74) is 0. The van der Waals surface area contributed by atoms with Gasteiger partial charge in [-0.25, -0.2) is 0 Å². The zero-order valence-corrected chi connectivity index (χ0v) is 4.45. The summed E-state index contributed by atoms with van der Waals surface area (Å²) < 4.78 is 29.0. The van der Waals surface area contributed by atoms with Gasteiger partial charge in [-0.05, 0) is 0 Å². The van der Waals surface area contributed by atoms with E-state index in [1.807, 2.05) is 0 Å². The van der Waals surface area contributed by atoms with Gasteiger partial charge in [0, 0.05) is 17.1 Å². The van der Waals surface area contributed by atoms with Gasteiger partial charge in [-0.3, -0.25) is 0 Å². The summed E-state index contributed by atoms with van der Waals surface area (Å²) in [7, 11) is 0. The minimum Gasteiger partial charge on any atom is -0.197 e. The normalized spacial score (nSPS) is 6.00. The fraction of sp³-hybridized carbons (Fsp3) is 1.00. The maximum Gasteiger partial charge on any atom is 0.379 e. The van der Waals surface area contributed by atoms with Gasteiger partial charge in [0.05, 0.1) is 0 Å². The first-order valence-electron chi connectivity index (χ1n) is 0.655. The molecule has 0 aromatic heterocycles. The molecular weight excluding hydrogens is 165 g/mol. The van der Waals surface area contributed by atoms with E-state index < -0.39 is 6.68 Å². The zero-order valence-electron chi connectivity index (χ0n) is 2.51. The number of hydrogen-bond donors (Lipinski definition) is 0. The fourth-order valence-electron chi connectivity index (χ4n) is 0. The Labute approximate surface area is 51.0 Å². The van der Waals surface area contributed by atoms with Gasteiger partial charge in [0.1, 0.15) is 0 Å². The summed E-state index contributed by atoms with van der Waals surface area (Å²) in [6.45, 7) is -3.67. The maximum atomic E-state index is 9.67. The molecular formula is CH3CuF3S. The maximum absolute atomic E-state index is 9.67. The van der Waals surface area contributed by atoms with E-state index in [-0.39, 0.29) is 30.6 Å². The molecule has 0 rings (SSSR count). The molecule has 0 unspecified atom stereocenters. The van der Waals surface area contributed by atoms with Crippen molar-refractivity contribution in [1.29, 1.82) is 0 Å². The van der Waals surface area contributed by atoms with Crippen LogP contribution in [0.2, 0.25) is 0 Å². The van der Waals surface area contributed by atoms with Crippen LogP contribution in [0.3, 0.4) is 0 Å². The van der Waals surface area contributed by atoms with Crippen molar-refractivity contribution in [3.63, 3.8) is 0 Å². The fourth-order valence-corrected chi connectivity index (χ4v) is 0. The van der Waals surface area contributed by atoms with E-state index in [9.17, 15) is 13.2 Å². The Morgan fingerprint density at radius 3 is 1.00 bits per heavy atom. The Morgan fingerprint density at radius 2 is 1.00 bits per heavy atom. The van der Waals surface area contributed by atoms with Gasteiger partial charge in [-0.2, -0.15) is 26.7 Å². The molecule has 0 amide bonds. The van der Waals surface area contributed by atoms with Gasteiger partial charge in [-0.15, -0.1) is 0 Å². The van der Waals surface area contributed by atoms with Crippen molar-refractivity contribution in [2.45, 2.75) is 6.68 Å². The molecule has 0 aromatic rings. The largest absolute Gasteiger partial charge is 0.379 e. The average molecular weight is 168 g/mol. The van der Waals surface area contributed by atoms with E-state index in [0.29, 0.717) is 0 Å². The molecule has 0 bridgehead atoms. The molecule has 0 atom stereocenters. The van der Waals surface area contributed by atoms with E-state index in [1.54, 1.807) is 0 Å². The standard InChI is InChI=1S/CHF3.Cu.H2S/c2-1(3)4;;/h1H;;1H2. The second-order valence-corrected chi connectivity index (χ2v) is 0.247. The van der Waals surface area contributed by atoms with Crippen molar-refractivity contribution in [2.75, 3.05) is 0 Å². The molecule has 0 aliphatic rings. The van der Waals surface area contributed by atoms with Crippen molar-refractivity contribution in [2.24, 2.45) is 0 Å². The summed E-state index contributed by atoms with van der Waals surface area (Å²) >= 11 is 0. The smallest absolute Gasteiger partial charge is 0.197 e. The first-order chi connectivity index (χ1) is 1.73. The van der Waals surface area contributed by atoms with Crippen LogP contribution in [0.1, 0.15) is 0 Å². The SMILES string of the molecule is FC(F)F.S.[Cu]. The molecule has 0 saturated heterocycles. The first kappa shape index (κ1) is 15.9. The monoisotopic (exact) mass is 167 g/mol.